The Kier molecular flexibility index (Phi) is 6.36. The maximum absolute atomic E-state index is 12.4. The summed E-state index contributed by atoms with van der Waals surface area (Å²) < 4.78 is 16.6. The van der Waals surface area contributed by atoms with Gasteiger partial charge in [-0.25, -0.2) is 0 Å². The molecule has 0 aromatic heterocycles. The highest BCUT2D eigenvalue weighted by Crippen LogP contribution is 2.30. The quantitative estimate of drug-likeness (QED) is 0.722. The first kappa shape index (κ1) is 18.8. The zero-order valence-corrected chi connectivity index (χ0v) is 15.7. The first-order valence-electron chi connectivity index (χ1n) is 9.16. The average molecular weight is 367 g/mol. The van der Waals surface area contributed by atoms with E-state index in [9.17, 15) is 4.79 Å². The van der Waals surface area contributed by atoms with Crippen LogP contribution in [0.2, 0.25) is 0 Å². The van der Waals surface area contributed by atoms with Gasteiger partial charge in [0.2, 0.25) is 5.91 Å². The van der Waals surface area contributed by atoms with Gasteiger partial charge in [-0.2, -0.15) is 0 Å². The summed E-state index contributed by atoms with van der Waals surface area (Å²) in [6.45, 7) is 0. The van der Waals surface area contributed by atoms with Gasteiger partial charge in [-0.15, -0.1) is 0 Å². The predicted octanol–water partition coefficient (Wildman–Crippen LogP) is 4.68. The number of nitrogens with one attached hydrogen (secondary N) is 1. The van der Waals surface area contributed by atoms with Crippen molar-refractivity contribution in [1.82, 2.24) is 0 Å². The number of anilines is 1. The lowest BCUT2D eigenvalue weighted by Crippen LogP contribution is -2.14. The van der Waals surface area contributed by atoms with Gasteiger partial charge in [0.25, 0.3) is 0 Å². The minimum absolute atomic E-state index is 0.234. The van der Waals surface area contributed by atoms with Crippen LogP contribution in [0.1, 0.15) is 31.2 Å². The number of benzene rings is 2. The molecular weight excluding hydrogens is 342 g/mol. The fourth-order valence-electron chi connectivity index (χ4n) is 3.17. The number of methoxy groups -OCH3 is 2. The highest BCUT2D eigenvalue weighted by atomic mass is 16.5. The molecule has 5 nitrogen and oxygen atoms in total. The van der Waals surface area contributed by atoms with Crippen LogP contribution in [0.5, 0.6) is 17.2 Å². The molecule has 1 N–H and O–H groups in total. The summed E-state index contributed by atoms with van der Waals surface area (Å²) in [4.78, 5) is 12.4. The molecule has 27 heavy (non-hydrogen) atoms. The minimum Gasteiger partial charge on any atom is -0.497 e. The lowest BCUT2D eigenvalue weighted by Gasteiger charge is -2.16. The highest BCUT2D eigenvalue weighted by Gasteiger charge is 2.18. The molecule has 2 aromatic rings. The van der Waals surface area contributed by atoms with Crippen LogP contribution in [0.3, 0.4) is 0 Å². The summed E-state index contributed by atoms with van der Waals surface area (Å²) >= 11 is 0. The summed E-state index contributed by atoms with van der Waals surface area (Å²) in [7, 11) is 3.19. The molecule has 0 atom stereocenters. The molecule has 1 aliphatic rings. The summed E-state index contributed by atoms with van der Waals surface area (Å²) in [6, 6.07) is 13.0. The molecular formula is C22H25NO4. The Morgan fingerprint density at radius 2 is 1.81 bits per heavy atom. The molecule has 1 amide bonds. The van der Waals surface area contributed by atoms with Gasteiger partial charge >= 0.3 is 0 Å². The zero-order valence-electron chi connectivity index (χ0n) is 15.7. The topological polar surface area (TPSA) is 56.8 Å². The van der Waals surface area contributed by atoms with Crippen LogP contribution in [0, 0.1) is 0 Å². The van der Waals surface area contributed by atoms with Crippen molar-refractivity contribution in [3.8, 4) is 17.2 Å². The summed E-state index contributed by atoms with van der Waals surface area (Å²) in [5.41, 5.74) is 1.44. The van der Waals surface area contributed by atoms with Gasteiger partial charge in [0.05, 0.1) is 26.0 Å². The molecule has 0 spiro atoms. The Balaban J connectivity index is 1.70. The normalized spacial score (nSPS) is 14.3. The lowest BCUT2D eigenvalue weighted by atomic mass is 10.1. The van der Waals surface area contributed by atoms with Crippen LogP contribution in [0.15, 0.2) is 48.5 Å². The van der Waals surface area contributed by atoms with E-state index < -0.39 is 0 Å². The van der Waals surface area contributed by atoms with Gasteiger partial charge in [0, 0.05) is 11.6 Å². The van der Waals surface area contributed by atoms with E-state index in [-0.39, 0.29) is 12.0 Å². The SMILES string of the molecule is COc1ccc(OC)c(C=CC(=O)Nc2ccccc2OC2CCCC2)c1. The third-order valence-corrected chi connectivity index (χ3v) is 4.59. The van der Waals surface area contributed by atoms with Crippen molar-refractivity contribution in [2.75, 3.05) is 19.5 Å². The second-order valence-electron chi connectivity index (χ2n) is 6.45. The average Bonchev–Trinajstić information content (AvgIpc) is 3.20. The zero-order chi connectivity index (χ0) is 19.1. The number of rotatable bonds is 7. The fourth-order valence-corrected chi connectivity index (χ4v) is 3.17. The standard InChI is InChI=1S/C22H25NO4/c1-25-18-12-13-20(26-2)16(15-18)11-14-22(24)23-19-9-5-6-10-21(19)27-17-7-3-4-8-17/h5-6,9-15,17H,3-4,7-8H2,1-2H3,(H,23,24). The molecule has 142 valence electrons. The first-order chi connectivity index (χ1) is 13.2. The van der Waals surface area contributed by atoms with Gasteiger partial charge in [-0.3, -0.25) is 4.79 Å². The fraction of sp³-hybridized carbons (Fsp3) is 0.318. The van der Waals surface area contributed by atoms with E-state index in [2.05, 4.69) is 5.32 Å². The number of para-hydroxylation sites is 2. The predicted molar refractivity (Wildman–Crippen MR) is 107 cm³/mol. The molecule has 0 heterocycles. The minimum atomic E-state index is -0.234. The Morgan fingerprint density at radius 3 is 2.56 bits per heavy atom. The molecule has 1 fully saturated rings. The molecule has 1 saturated carbocycles. The lowest BCUT2D eigenvalue weighted by molar-refractivity contribution is -0.111. The van der Waals surface area contributed by atoms with Crippen molar-refractivity contribution in [3.05, 3.63) is 54.1 Å². The van der Waals surface area contributed by atoms with Gasteiger partial charge in [0.15, 0.2) is 0 Å². The van der Waals surface area contributed by atoms with Crippen LogP contribution in [0.4, 0.5) is 5.69 Å². The number of carbonyl (C=O) groups excluding carboxylic acids is 1. The smallest absolute Gasteiger partial charge is 0.248 e. The molecule has 3 rings (SSSR count). The van der Waals surface area contributed by atoms with Crippen LogP contribution in [-0.2, 0) is 4.79 Å². The monoisotopic (exact) mass is 367 g/mol. The number of hydrogen-bond acceptors (Lipinski definition) is 4. The molecule has 1 aliphatic carbocycles. The maximum Gasteiger partial charge on any atom is 0.248 e. The Morgan fingerprint density at radius 1 is 1.04 bits per heavy atom. The number of amides is 1. The first-order valence-corrected chi connectivity index (χ1v) is 9.16. The van der Waals surface area contributed by atoms with Crippen molar-refractivity contribution < 1.29 is 19.0 Å². The van der Waals surface area contributed by atoms with Gasteiger partial charge in [-0.1, -0.05) is 12.1 Å². The largest absolute Gasteiger partial charge is 0.497 e. The third-order valence-electron chi connectivity index (χ3n) is 4.59. The Bertz CT molecular complexity index is 810. The van der Waals surface area contributed by atoms with Gasteiger partial charge in [0.1, 0.15) is 17.2 Å². The number of ether oxygens (including phenoxy) is 3. The molecule has 0 radical (unpaired) electrons. The van der Waals surface area contributed by atoms with Crippen molar-refractivity contribution in [1.29, 1.82) is 0 Å². The van der Waals surface area contributed by atoms with Gasteiger partial charge in [-0.05, 0) is 62.1 Å². The van der Waals surface area contributed by atoms with Crippen LogP contribution < -0.4 is 19.5 Å². The van der Waals surface area contributed by atoms with Crippen molar-refractivity contribution in [2.45, 2.75) is 31.8 Å². The van der Waals surface area contributed by atoms with Crippen molar-refractivity contribution >= 4 is 17.7 Å². The van der Waals surface area contributed by atoms with E-state index in [0.29, 0.717) is 22.9 Å². The highest BCUT2D eigenvalue weighted by molar-refractivity contribution is 6.03. The van der Waals surface area contributed by atoms with E-state index in [0.717, 1.165) is 18.4 Å². The Labute approximate surface area is 159 Å². The van der Waals surface area contributed by atoms with E-state index in [1.165, 1.54) is 18.9 Å². The molecule has 0 unspecified atom stereocenters. The van der Waals surface area contributed by atoms with E-state index in [1.54, 1.807) is 26.4 Å². The number of carbonyl (C=O) groups is 1. The second-order valence-corrected chi connectivity index (χ2v) is 6.45. The molecule has 0 aliphatic heterocycles. The molecule has 5 heteroatoms. The molecule has 0 saturated heterocycles. The maximum atomic E-state index is 12.4. The molecule has 0 bridgehead atoms. The van der Waals surface area contributed by atoms with Crippen LogP contribution in [-0.4, -0.2) is 26.2 Å². The van der Waals surface area contributed by atoms with E-state index in [1.807, 2.05) is 36.4 Å². The summed E-state index contributed by atoms with van der Waals surface area (Å²) in [6.07, 6.45) is 7.95. The third kappa shape index (κ3) is 5.03. The Hall–Kier alpha value is -2.95. The van der Waals surface area contributed by atoms with Gasteiger partial charge < -0.3 is 19.5 Å². The summed E-state index contributed by atoms with van der Waals surface area (Å²) in [5.74, 6) is 1.85. The van der Waals surface area contributed by atoms with Crippen molar-refractivity contribution in [2.24, 2.45) is 0 Å². The second kappa shape index (κ2) is 9.12. The van der Waals surface area contributed by atoms with Crippen molar-refractivity contribution in [3.63, 3.8) is 0 Å². The summed E-state index contributed by atoms with van der Waals surface area (Å²) in [5, 5.41) is 2.90. The van der Waals surface area contributed by atoms with E-state index in [4.69, 9.17) is 14.2 Å². The van der Waals surface area contributed by atoms with E-state index >= 15 is 0 Å². The molecule has 2 aromatic carbocycles. The van der Waals surface area contributed by atoms with Crippen LogP contribution in [0.25, 0.3) is 6.08 Å². The number of hydrogen-bond donors (Lipinski definition) is 1. The van der Waals surface area contributed by atoms with Crippen LogP contribution >= 0.6 is 0 Å².